The number of benzene rings is 2. The van der Waals surface area contributed by atoms with Crippen molar-refractivity contribution in [2.45, 2.75) is 6.18 Å². The van der Waals surface area contributed by atoms with Crippen LogP contribution >= 0.6 is 11.6 Å². The first-order valence-electron chi connectivity index (χ1n) is 6.15. The van der Waals surface area contributed by atoms with Gasteiger partial charge in [-0.25, -0.2) is 4.90 Å². The summed E-state index contributed by atoms with van der Waals surface area (Å²) in [5, 5.41) is -0.109. The average molecular weight is 326 g/mol. The predicted octanol–water partition coefficient (Wildman–Crippen LogP) is 4.16. The van der Waals surface area contributed by atoms with Gasteiger partial charge in [0.25, 0.3) is 11.8 Å². The molecule has 1 heterocycles. The fraction of sp³-hybridized carbons (Fsp3) is 0.0667. The molecule has 0 spiro atoms. The van der Waals surface area contributed by atoms with E-state index in [0.29, 0.717) is 11.0 Å². The second-order valence-electron chi connectivity index (χ2n) is 4.66. The van der Waals surface area contributed by atoms with Gasteiger partial charge in [0.05, 0.1) is 27.4 Å². The van der Waals surface area contributed by atoms with Crippen molar-refractivity contribution in [1.29, 1.82) is 0 Å². The SMILES string of the molecule is O=C1c2ccccc2C(=O)N1c1cc(C(F)(F)F)ccc1Cl. The third-order valence-electron chi connectivity index (χ3n) is 3.31. The zero-order valence-electron chi connectivity index (χ0n) is 10.8. The lowest BCUT2D eigenvalue weighted by molar-refractivity contribution is -0.137. The molecule has 0 bridgehead atoms. The van der Waals surface area contributed by atoms with Crippen LogP contribution in [0.2, 0.25) is 5.02 Å². The molecule has 112 valence electrons. The number of hydrogen-bond acceptors (Lipinski definition) is 2. The summed E-state index contributed by atoms with van der Waals surface area (Å²) in [7, 11) is 0. The highest BCUT2D eigenvalue weighted by Crippen LogP contribution is 2.38. The molecule has 1 aliphatic heterocycles. The molecule has 0 saturated carbocycles. The lowest BCUT2D eigenvalue weighted by Crippen LogP contribution is -2.30. The molecule has 22 heavy (non-hydrogen) atoms. The second kappa shape index (κ2) is 4.84. The molecule has 2 amide bonds. The summed E-state index contributed by atoms with van der Waals surface area (Å²) in [5.74, 6) is -1.39. The average Bonchev–Trinajstić information content (AvgIpc) is 2.71. The normalized spacial score (nSPS) is 14.5. The largest absolute Gasteiger partial charge is 0.416 e. The number of rotatable bonds is 1. The molecule has 0 fully saturated rings. The van der Waals surface area contributed by atoms with Crippen LogP contribution in [0.4, 0.5) is 18.9 Å². The van der Waals surface area contributed by atoms with Crippen molar-refractivity contribution in [2.24, 2.45) is 0 Å². The topological polar surface area (TPSA) is 37.4 Å². The van der Waals surface area contributed by atoms with E-state index in [-0.39, 0.29) is 21.8 Å². The van der Waals surface area contributed by atoms with Crippen molar-refractivity contribution in [3.8, 4) is 0 Å². The van der Waals surface area contributed by atoms with Gasteiger partial charge < -0.3 is 0 Å². The van der Waals surface area contributed by atoms with Crippen LogP contribution in [0.1, 0.15) is 26.3 Å². The second-order valence-corrected chi connectivity index (χ2v) is 5.06. The lowest BCUT2D eigenvalue weighted by atomic mass is 10.1. The molecule has 2 aromatic rings. The summed E-state index contributed by atoms with van der Waals surface area (Å²) < 4.78 is 38.4. The molecule has 3 nitrogen and oxygen atoms in total. The molecule has 7 heteroatoms. The summed E-state index contributed by atoms with van der Waals surface area (Å²) in [5.41, 5.74) is -0.979. The highest BCUT2D eigenvalue weighted by molar-refractivity contribution is 6.39. The minimum absolute atomic E-state index is 0.109. The number of imide groups is 1. The fourth-order valence-electron chi connectivity index (χ4n) is 2.27. The Labute approximate surface area is 127 Å². The summed E-state index contributed by atoms with van der Waals surface area (Å²) in [6.07, 6.45) is -4.60. The van der Waals surface area contributed by atoms with Gasteiger partial charge in [-0.3, -0.25) is 9.59 Å². The number of halogens is 4. The molecule has 0 aliphatic carbocycles. The van der Waals surface area contributed by atoms with Gasteiger partial charge in [0, 0.05) is 0 Å². The maximum absolute atomic E-state index is 12.8. The van der Waals surface area contributed by atoms with E-state index in [9.17, 15) is 22.8 Å². The van der Waals surface area contributed by atoms with Gasteiger partial charge in [-0.15, -0.1) is 0 Å². The van der Waals surface area contributed by atoms with Crippen molar-refractivity contribution in [1.82, 2.24) is 0 Å². The molecular weight excluding hydrogens is 319 g/mol. The predicted molar refractivity (Wildman–Crippen MR) is 74.0 cm³/mol. The maximum atomic E-state index is 12.8. The maximum Gasteiger partial charge on any atom is 0.416 e. The van der Waals surface area contributed by atoms with Gasteiger partial charge >= 0.3 is 6.18 Å². The molecule has 0 N–H and O–H groups in total. The Morgan fingerprint density at radius 3 is 1.95 bits per heavy atom. The van der Waals surface area contributed by atoms with E-state index in [4.69, 9.17) is 11.6 Å². The van der Waals surface area contributed by atoms with Gasteiger partial charge in [-0.05, 0) is 30.3 Å². The Morgan fingerprint density at radius 1 is 0.909 bits per heavy atom. The third kappa shape index (κ3) is 2.16. The fourth-order valence-corrected chi connectivity index (χ4v) is 2.47. The van der Waals surface area contributed by atoms with Crippen molar-refractivity contribution in [3.05, 3.63) is 64.2 Å². The van der Waals surface area contributed by atoms with Gasteiger partial charge in [0.15, 0.2) is 0 Å². The van der Waals surface area contributed by atoms with Gasteiger partial charge in [-0.1, -0.05) is 23.7 Å². The molecule has 0 saturated heterocycles. The quantitative estimate of drug-likeness (QED) is 0.738. The van der Waals surface area contributed by atoms with E-state index in [0.717, 1.165) is 12.1 Å². The minimum Gasteiger partial charge on any atom is -0.268 e. The summed E-state index contributed by atoms with van der Waals surface area (Å²) in [6, 6.07) is 8.54. The summed E-state index contributed by atoms with van der Waals surface area (Å²) >= 11 is 5.89. The van der Waals surface area contributed by atoms with Crippen molar-refractivity contribution in [2.75, 3.05) is 4.90 Å². The Hall–Kier alpha value is -2.34. The van der Waals surface area contributed by atoms with Gasteiger partial charge in [-0.2, -0.15) is 13.2 Å². The molecule has 1 aliphatic rings. The number of carbonyl (C=O) groups is 2. The van der Waals surface area contributed by atoms with Crippen LogP contribution in [0.25, 0.3) is 0 Å². The molecule has 0 radical (unpaired) electrons. The first kappa shape index (κ1) is 14.6. The number of carbonyl (C=O) groups excluding carboxylic acids is 2. The summed E-state index contributed by atoms with van der Waals surface area (Å²) in [4.78, 5) is 25.2. The zero-order chi connectivity index (χ0) is 16.1. The van der Waals surface area contributed by atoms with Crippen LogP contribution in [-0.2, 0) is 6.18 Å². The van der Waals surface area contributed by atoms with E-state index in [1.54, 1.807) is 12.1 Å². The van der Waals surface area contributed by atoms with E-state index < -0.39 is 23.6 Å². The van der Waals surface area contributed by atoms with Crippen molar-refractivity contribution in [3.63, 3.8) is 0 Å². The van der Waals surface area contributed by atoms with Crippen LogP contribution in [0.3, 0.4) is 0 Å². The number of alkyl halides is 3. The number of amides is 2. The number of nitrogens with zero attached hydrogens (tertiary/aromatic N) is 1. The van der Waals surface area contributed by atoms with Crippen molar-refractivity contribution < 1.29 is 22.8 Å². The summed E-state index contributed by atoms with van der Waals surface area (Å²) in [6.45, 7) is 0. The highest BCUT2D eigenvalue weighted by Gasteiger charge is 2.39. The van der Waals surface area contributed by atoms with Crippen LogP contribution in [0, 0.1) is 0 Å². The Bertz CT molecular complexity index is 767. The zero-order valence-corrected chi connectivity index (χ0v) is 11.6. The van der Waals surface area contributed by atoms with E-state index >= 15 is 0 Å². The van der Waals surface area contributed by atoms with Crippen molar-refractivity contribution >= 4 is 29.1 Å². The van der Waals surface area contributed by atoms with Crippen LogP contribution in [0.5, 0.6) is 0 Å². The Morgan fingerprint density at radius 2 is 1.45 bits per heavy atom. The van der Waals surface area contributed by atoms with Gasteiger partial charge in [0.2, 0.25) is 0 Å². The molecule has 0 unspecified atom stereocenters. The van der Waals surface area contributed by atoms with Crippen LogP contribution in [-0.4, -0.2) is 11.8 Å². The van der Waals surface area contributed by atoms with Crippen LogP contribution in [0.15, 0.2) is 42.5 Å². The van der Waals surface area contributed by atoms with Gasteiger partial charge in [0.1, 0.15) is 0 Å². The minimum atomic E-state index is -4.60. The molecule has 0 atom stereocenters. The van der Waals surface area contributed by atoms with E-state index in [1.165, 1.54) is 12.1 Å². The monoisotopic (exact) mass is 325 g/mol. The lowest BCUT2D eigenvalue weighted by Gasteiger charge is -2.17. The molecule has 0 aromatic heterocycles. The van der Waals surface area contributed by atoms with E-state index in [1.807, 2.05) is 0 Å². The standard InChI is InChI=1S/C15H7ClF3NO2/c16-11-6-5-8(15(17,18)19)7-12(11)20-13(21)9-3-1-2-4-10(9)14(20)22/h1-7H. The Kier molecular flexibility index (Phi) is 3.21. The molecular formula is C15H7ClF3NO2. The molecule has 3 rings (SSSR count). The number of hydrogen-bond donors (Lipinski definition) is 0. The first-order valence-corrected chi connectivity index (χ1v) is 6.53. The van der Waals surface area contributed by atoms with E-state index in [2.05, 4.69) is 0 Å². The Balaban J connectivity index is 2.14. The number of anilines is 1. The first-order chi connectivity index (χ1) is 10.3. The van der Waals surface area contributed by atoms with Crippen LogP contribution < -0.4 is 4.90 Å². The third-order valence-corrected chi connectivity index (χ3v) is 3.63. The number of fused-ring (bicyclic) bond motifs is 1. The highest BCUT2D eigenvalue weighted by atomic mass is 35.5. The smallest absolute Gasteiger partial charge is 0.268 e. The molecule has 2 aromatic carbocycles.